The number of anilines is 2. The molecule has 0 aliphatic carbocycles. The van der Waals surface area contributed by atoms with Crippen molar-refractivity contribution < 1.29 is 14.0 Å². The zero-order valence-electron chi connectivity index (χ0n) is 18.1. The van der Waals surface area contributed by atoms with Gasteiger partial charge in [0.1, 0.15) is 6.54 Å². The molecule has 0 saturated carbocycles. The Morgan fingerprint density at radius 2 is 1.84 bits per heavy atom. The van der Waals surface area contributed by atoms with E-state index >= 15 is 0 Å². The number of carbonyl (C=O) groups excluding carboxylic acids is 2. The van der Waals surface area contributed by atoms with Gasteiger partial charge in [0.2, 0.25) is 5.91 Å². The summed E-state index contributed by atoms with van der Waals surface area (Å²) < 4.78 is 6.65. The van der Waals surface area contributed by atoms with Crippen LogP contribution in [-0.4, -0.2) is 48.0 Å². The first-order valence-corrected chi connectivity index (χ1v) is 11.1. The van der Waals surface area contributed by atoms with Gasteiger partial charge in [0.05, 0.1) is 5.52 Å². The number of nitrogens with one attached hydrogen (secondary N) is 1. The van der Waals surface area contributed by atoms with Crippen LogP contribution in [0.2, 0.25) is 0 Å². The van der Waals surface area contributed by atoms with Crippen molar-refractivity contribution >= 4 is 34.3 Å². The van der Waals surface area contributed by atoms with Gasteiger partial charge in [-0.25, -0.2) is 4.79 Å². The van der Waals surface area contributed by atoms with Crippen molar-refractivity contribution in [1.29, 1.82) is 0 Å². The Morgan fingerprint density at radius 3 is 2.66 bits per heavy atom. The fourth-order valence-corrected chi connectivity index (χ4v) is 4.58. The molecule has 32 heavy (non-hydrogen) atoms. The zero-order valence-corrected chi connectivity index (χ0v) is 18.1. The van der Waals surface area contributed by atoms with Gasteiger partial charge < -0.3 is 19.5 Å². The van der Waals surface area contributed by atoms with E-state index < -0.39 is 5.76 Å². The van der Waals surface area contributed by atoms with Gasteiger partial charge in [-0.3, -0.25) is 14.2 Å². The predicted molar refractivity (Wildman–Crippen MR) is 122 cm³/mol. The number of nitrogens with zero attached hydrogens (tertiary/aromatic N) is 3. The van der Waals surface area contributed by atoms with Gasteiger partial charge in [0, 0.05) is 43.6 Å². The monoisotopic (exact) mass is 434 g/mol. The van der Waals surface area contributed by atoms with Crippen LogP contribution < -0.4 is 16.0 Å². The van der Waals surface area contributed by atoms with Gasteiger partial charge >= 0.3 is 5.76 Å². The Bertz CT molecular complexity index is 1250. The van der Waals surface area contributed by atoms with Crippen molar-refractivity contribution in [3.8, 4) is 0 Å². The van der Waals surface area contributed by atoms with Crippen LogP contribution in [0, 0.1) is 0 Å². The number of rotatable bonds is 4. The number of benzene rings is 2. The van der Waals surface area contributed by atoms with E-state index in [0.29, 0.717) is 22.4 Å². The van der Waals surface area contributed by atoms with Crippen LogP contribution in [0.1, 0.15) is 35.2 Å². The maximum Gasteiger partial charge on any atom is 0.420 e. The van der Waals surface area contributed by atoms with Crippen LogP contribution in [0.15, 0.2) is 45.6 Å². The molecule has 5 rings (SSSR count). The summed E-state index contributed by atoms with van der Waals surface area (Å²) in [6, 6.07) is 10.7. The molecule has 2 amide bonds. The number of carbonyl (C=O) groups is 2. The molecule has 8 heteroatoms. The Morgan fingerprint density at radius 1 is 1.03 bits per heavy atom. The van der Waals surface area contributed by atoms with Gasteiger partial charge in [-0.1, -0.05) is 0 Å². The summed E-state index contributed by atoms with van der Waals surface area (Å²) in [6.07, 6.45) is 4.03. The quantitative estimate of drug-likeness (QED) is 0.682. The second-order valence-electron chi connectivity index (χ2n) is 8.55. The van der Waals surface area contributed by atoms with Crippen molar-refractivity contribution in [3.05, 3.63) is 58.1 Å². The highest BCUT2D eigenvalue weighted by Crippen LogP contribution is 2.28. The van der Waals surface area contributed by atoms with E-state index in [1.165, 1.54) is 4.57 Å². The van der Waals surface area contributed by atoms with Crippen molar-refractivity contribution in [2.24, 2.45) is 0 Å². The number of hydrogen-bond acceptors (Lipinski definition) is 5. The van der Waals surface area contributed by atoms with Gasteiger partial charge in [0.15, 0.2) is 5.58 Å². The van der Waals surface area contributed by atoms with E-state index in [1.54, 1.807) is 23.1 Å². The van der Waals surface area contributed by atoms with Crippen molar-refractivity contribution in [2.75, 3.05) is 36.9 Å². The molecule has 1 aromatic heterocycles. The number of oxazole rings is 1. The molecule has 2 aliphatic heterocycles. The van der Waals surface area contributed by atoms with E-state index in [0.717, 1.165) is 56.6 Å². The van der Waals surface area contributed by atoms with Crippen LogP contribution in [0.3, 0.4) is 0 Å². The molecule has 2 aliphatic rings. The highest BCUT2D eigenvalue weighted by atomic mass is 16.4. The average molecular weight is 434 g/mol. The maximum absolute atomic E-state index is 12.8. The molecule has 1 N–H and O–H groups in total. The van der Waals surface area contributed by atoms with Gasteiger partial charge in [-0.15, -0.1) is 0 Å². The summed E-state index contributed by atoms with van der Waals surface area (Å²) in [6.45, 7) is 2.33. The summed E-state index contributed by atoms with van der Waals surface area (Å²) in [7, 11) is 2.04. The van der Waals surface area contributed by atoms with Crippen LogP contribution in [0.4, 0.5) is 11.4 Å². The molecular formula is C24H26N4O4. The van der Waals surface area contributed by atoms with E-state index in [2.05, 4.69) is 10.2 Å². The lowest BCUT2D eigenvalue weighted by molar-refractivity contribution is -0.132. The Kier molecular flexibility index (Phi) is 5.20. The molecule has 8 nitrogen and oxygen atoms in total. The topological polar surface area (TPSA) is 87.8 Å². The van der Waals surface area contributed by atoms with E-state index in [4.69, 9.17) is 4.42 Å². The summed E-state index contributed by atoms with van der Waals surface area (Å²) >= 11 is 0. The normalized spacial score (nSPS) is 15.8. The molecule has 1 fully saturated rings. The first-order valence-electron chi connectivity index (χ1n) is 11.1. The molecule has 0 unspecified atom stereocenters. The predicted octanol–water partition coefficient (Wildman–Crippen LogP) is 2.85. The molecule has 2 aromatic carbocycles. The minimum Gasteiger partial charge on any atom is -0.408 e. The first kappa shape index (κ1) is 20.4. The molecule has 1 saturated heterocycles. The second kappa shape index (κ2) is 8.18. The number of amides is 2. The summed E-state index contributed by atoms with van der Waals surface area (Å²) in [5.74, 6) is -0.882. The Hall–Kier alpha value is -3.55. The summed E-state index contributed by atoms with van der Waals surface area (Å²) in [5, 5.41) is 2.90. The lowest BCUT2D eigenvalue weighted by Crippen LogP contribution is -2.39. The number of piperidine rings is 1. The van der Waals surface area contributed by atoms with Crippen molar-refractivity contribution in [2.45, 2.75) is 32.2 Å². The van der Waals surface area contributed by atoms with Crippen LogP contribution in [-0.2, 0) is 17.8 Å². The van der Waals surface area contributed by atoms with Crippen molar-refractivity contribution in [3.63, 3.8) is 0 Å². The average Bonchev–Trinajstić information content (AvgIpc) is 3.33. The SMILES string of the molecule is CN1CCc2cc(C(=O)Nc3ccc4oc(=O)n(CC(=O)N5CCCCC5)c4c3)ccc21. The Labute approximate surface area is 185 Å². The minimum absolute atomic E-state index is 0.0679. The highest BCUT2D eigenvalue weighted by molar-refractivity contribution is 6.05. The number of hydrogen-bond donors (Lipinski definition) is 1. The molecule has 3 heterocycles. The third-order valence-corrected chi connectivity index (χ3v) is 6.40. The molecule has 3 aromatic rings. The lowest BCUT2D eigenvalue weighted by atomic mass is 10.1. The smallest absolute Gasteiger partial charge is 0.408 e. The van der Waals surface area contributed by atoms with Crippen LogP contribution in [0.25, 0.3) is 11.1 Å². The van der Waals surface area contributed by atoms with Crippen molar-refractivity contribution in [1.82, 2.24) is 9.47 Å². The molecule has 166 valence electrons. The van der Waals surface area contributed by atoms with Gasteiger partial charge in [0.25, 0.3) is 5.91 Å². The molecular weight excluding hydrogens is 408 g/mol. The number of aromatic nitrogens is 1. The number of likely N-dealkylation sites (N-methyl/N-ethyl adjacent to an activating group) is 1. The zero-order chi connectivity index (χ0) is 22.2. The summed E-state index contributed by atoms with van der Waals surface area (Å²) in [5.41, 5.74) is 4.33. The second-order valence-corrected chi connectivity index (χ2v) is 8.55. The third kappa shape index (κ3) is 3.77. The molecule has 0 atom stereocenters. The first-order chi connectivity index (χ1) is 15.5. The molecule has 0 bridgehead atoms. The van der Waals surface area contributed by atoms with Gasteiger partial charge in [-0.05, 0) is 67.6 Å². The Balaban J connectivity index is 1.37. The minimum atomic E-state index is -0.573. The fourth-order valence-electron chi connectivity index (χ4n) is 4.58. The van der Waals surface area contributed by atoms with Gasteiger partial charge in [-0.2, -0.15) is 0 Å². The van der Waals surface area contributed by atoms with E-state index in [9.17, 15) is 14.4 Å². The number of fused-ring (bicyclic) bond motifs is 2. The number of likely N-dealkylation sites (tertiary alicyclic amines) is 1. The standard InChI is InChI=1S/C24H26N4O4/c1-26-12-9-16-13-17(5-7-19(16)26)23(30)25-18-6-8-21-20(14-18)28(24(31)32-21)15-22(29)27-10-3-2-4-11-27/h5-8,13-14H,2-4,9-12,15H2,1H3,(H,25,30). The van der Waals surface area contributed by atoms with E-state index in [-0.39, 0.29) is 18.4 Å². The molecule has 0 spiro atoms. The van der Waals surface area contributed by atoms with E-state index in [1.807, 2.05) is 25.2 Å². The largest absolute Gasteiger partial charge is 0.420 e. The maximum atomic E-state index is 12.8. The van der Waals surface area contributed by atoms with Crippen LogP contribution >= 0.6 is 0 Å². The fraction of sp³-hybridized carbons (Fsp3) is 0.375. The summed E-state index contributed by atoms with van der Waals surface area (Å²) in [4.78, 5) is 41.9. The van der Waals surface area contributed by atoms with Crippen LogP contribution in [0.5, 0.6) is 0 Å². The third-order valence-electron chi connectivity index (χ3n) is 6.40. The molecule has 0 radical (unpaired) electrons. The lowest BCUT2D eigenvalue weighted by Gasteiger charge is -2.26. The highest BCUT2D eigenvalue weighted by Gasteiger charge is 2.21.